The van der Waals surface area contributed by atoms with Gasteiger partial charge in [-0.05, 0) is 36.6 Å². The monoisotopic (exact) mass is 413 g/mol. The molecule has 7 heteroatoms. The van der Waals surface area contributed by atoms with Crippen molar-refractivity contribution in [1.82, 2.24) is 9.55 Å². The maximum atomic E-state index is 12.3. The number of rotatable bonds is 6. The molecule has 29 heavy (non-hydrogen) atoms. The number of sulfone groups is 1. The molecule has 0 spiro atoms. The molecule has 2 heterocycles. The Morgan fingerprint density at radius 2 is 1.93 bits per heavy atom. The number of nitrogens with one attached hydrogen (secondary N) is 2. The first kappa shape index (κ1) is 19.8. The molecule has 1 aromatic carbocycles. The van der Waals surface area contributed by atoms with E-state index >= 15 is 0 Å². The average Bonchev–Trinajstić information content (AvgIpc) is 3.30. The number of nitrogens with zero attached hydrogens (tertiary/aromatic N) is 1. The summed E-state index contributed by atoms with van der Waals surface area (Å²) in [5.41, 5.74) is 2.96. The van der Waals surface area contributed by atoms with Gasteiger partial charge in [0.25, 0.3) is 5.56 Å². The maximum absolute atomic E-state index is 12.3. The first-order valence-corrected chi connectivity index (χ1v) is 12.0. The molecule has 0 aliphatic heterocycles. The van der Waals surface area contributed by atoms with E-state index in [1.54, 1.807) is 22.9 Å². The van der Waals surface area contributed by atoms with Gasteiger partial charge in [0.05, 0.1) is 4.90 Å². The summed E-state index contributed by atoms with van der Waals surface area (Å²) in [4.78, 5) is 15.3. The second kappa shape index (κ2) is 7.71. The minimum absolute atomic E-state index is 0.161. The second-order valence-electron chi connectivity index (χ2n) is 8.07. The third-order valence-electron chi connectivity index (χ3n) is 5.95. The van der Waals surface area contributed by atoms with Crippen LogP contribution in [0.4, 0.5) is 5.69 Å². The zero-order valence-electron chi connectivity index (χ0n) is 16.9. The van der Waals surface area contributed by atoms with Crippen LogP contribution in [-0.4, -0.2) is 30.8 Å². The fourth-order valence-electron chi connectivity index (χ4n) is 4.42. The van der Waals surface area contributed by atoms with Gasteiger partial charge in [-0.3, -0.25) is 4.79 Å². The van der Waals surface area contributed by atoms with Gasteiger partial charge in [-0.25, -0.2) is 8.42 Å². The lowest BCUT2D eigenvalue weighted by Gasteiger charge is -2.15. The van der Waals surface area contributed by atoms with E-state index in [-0.39, 0.29) is 10.5 Å². The summed E-state index contributed by atoms with van der Waals surface area (Å²) in [6.07, 6.45) is 11.1. The van der Waals surface area contributed by atoms with Crippen LogP contribution < -0.4 is 10.9 Å². The van der Waals surface area contributed by atoms with E-state index in [4.69, 9.17) is 0 Å². The Labute approximate surface area is 170 Å². The lowest BCUT2D eigenvalue weighted by molar-refractivity contribution is 0.519. The molecular weight excluding hydrogens is 386 g/mol. The Bertz CT molecular complexity index is 1200. The standard InChI is InChI=1S/C22H27N3O3S/c1-25-14-19(17-10-12-24-22(26)21(17)25)18-13-16(29(2,27)28)7-8-20(18)23-11-9-15-5-3-4-6-15/h7-8,10,12-15,23H,3-6,9,11H2,1-2H3,(H,24,26). The lowest BCUT2D eigenvalue weighted by atomic mass is 10.0. The van der Waals surface area contributed by atoms with Crippen molar-refractivity contribution in [3.63, 3.8) is 0 Å². The molecule has 6 nitrogen and oxygen atoms in total. The van der Waals surface area contributed by atoms with Gasteiger partial charge < -0.3 is 14.9 Å². The van der Waals surface area contributed by atoms with Crippen molar-refractivity contribution in [3.05, 3.63) is 47.0 Å². The molecule has 1 fully saturated rings. The number of H-pyrrole nitrogens is 1. The number of aromatic amines is 1. The van der Waals surface area contributed by atoms with Crippen LogP contribution in [0.5, 0.6) is 0 Å². The van der Waals surface area contributed by atoms with Crippen molar-refractivity contribution >= 4 is 26.4 Å². The molecule has 0 bridgehead atoms. The van der Waals surface area contributed by atoms with Crippen LogP contribution in [0.3, 0.4) is 0 Å². The Kier molecular flexibility index (Phi) is 5.25. The minimum Gasteiger partial charge on any atom is -0.385 e. The van der Waals surface area contributed by atoms with Gasteiger partial charge >= 0.3 is 0 Å². The van der Waals surface area contributed by atoms with E-state index in [9.17, 15) is 13.2 Å². The molecule has 0 radical (unpaired) electrons. The normalized spacial score (nSPS) is 15.2. The number of pyridine rings is 1. The van der Waals surface area contributed by atoms with E-state index in [1.807, 2.05) is 25.4 Å². The van der Waals surface area contributed by atoms with Gasteiger partial charge in [0.1, 0.15) is 5.52 Å². The number of fused-ring (bicyclic) bond motifs is 1. The molecule has 4 rings (SSSR count). The van der Waals surface area contributed by atoms with Gasteiger partial charge in [0.15, 0.2) is 9.84 Å². The largest absolute Gasteiger partial charge is 0.385 e. The fraction of sp³-hybridized carbons (Fsp3) is 0.409. The molecule has 0 amide bonds. The highest BCUT2D eigenvalue weighted by molar-refractivity contribution is 7.90. The predicted molar refractivity (Wildman–Crippen MR) is 117 cm³/mol. The Morgan fingerprint density at radius 3 is 2.66 bits per heavy atom. The van der Waals surface area contributed by atoms with Crippen molar-refractivity contribution in [2.45, 2.75) is 37.0 Å². The van der Waals surface area contributed by atoms with Gasteiger partial charge in [0.2, 0.25) is 0 Å². The summed E-state index contributed by atoms with van der Waals surface area (Å²) in [5, 5.41) is 4.32. The third-order valence-corrected chi connectivity index (χ3v) is 7.06. The summed E-state index contributed by atoms with van der Waals surface area (Å²) < 4.78 is 26.1. The van der Waals surface area contributed by atoms with Crippen molar-refractivity contribution in [3.8, 4) is 11.1 Å². The van der Waals surface area contributed by atoms with Gasteiger partial charge in [-0.15, -0.1) is 0 Å². The minimum atomic E-state index is -3.34. The Balaban J connectivity index is 1.77. The summed E-state index contributed by atoms with van der Waals surface area (Å²) in [6, 6.07) is 7.06. The molecule has 3 aromatic rings. The van der Waals surface area contributed by atoms with Gasteiger partial charge in [-0.1, -0.05) is 25.7 Å². The number of hydrogen-bond acceptors (Lipinski definition) is 4. The quantitative estimate of drug-likeness (QED) is 0.641. The molecule has 154 valence electrons. The summed E-state index contributed by atoms with van der Waals surface area (Å²) in [5.74, 6) is 0.775. The van der Waals surface area contributed by atoms with Crippen LogP contribution in [-0.2, 0) is 16.9 Å². The molecule has 1 saturated carbocycles. The topological polar surface area (TPSA) is 84.0 Å². The third kappa shape index (κ3) is 3.96. The van der Waals surface area contributed by atoms with E-state index in [2.05, 4.69) is 10.3 Å². The van der Waals surface area contributed by atoms with E-state index in [1.165, 1.54) is 31.9 Å². The Morgan fingerprint density at radius 1 is 1.17 bits per heavy atom. The molecule has 0 unspecified atom stereocenters. The maximum Gasteiger partial charge on any atom is 0.272 e. The van der Waals surface area contributed by atoms with E-state index in [0.29, 0.717) is 5.52 Å². The first-order valence-electron chi connectivity index (χ1n) is 10.1. The zero-order chi connectivity index (χ0) is 20.6. The zero-order valence-corrected chi connectivity index (χ0v) is 17.7. The summed E-state index contributed by atoms with van der Waals surface area (Å²) in [6.45, 7) is 0.848. The number of anilines is 1. The van der Waals surface area contributed by atoms with Crippen LogP contribution in [0.1, 0.15) is 32.1 Å². The number of aryl methyl sites for hydroxylation is 1. The molecule has 2 N–H and O–H groups in total. The van der Waals surface area contributed by atoms with Crippen LogP contribution in [0.25, 0.3) is 22.0 Å². The molecular formula is C22H27N3O3S. The molecule has 0 saturated heterocycles. The SMILES string of the molecule is Cn1cc(-c2cc(S(C)(=O)=O)ccc2NCCC2CCCC2)c2cc[nH]c(=O)c21. The summed E-state index contributed by atoms with van der Waals surface area (Å²) >= 11 is 0. The van der Waals surface area contributed by atoms with Crippen molar-refractivity contribution < 1.29 is 8.42 Å². The van der Waals surface area contributed by atoms with Gasteiger partial charge in [0, 0.05) is 54.4 Å². The van der Waals surface area contributed by atoms with Crippen LogP contribution in [0.15, 0.2) is 46.3 Å². The predicted octanol–water partition coefficient (Wildman–Crippen LogP) is 3.93. The molecule has 1 aliphatic carbocycles. The lowest BCUT2D eigenvalue weighted by Crippen LogP contribution is -2.08. The highest BCUT2D eigenvalue weighted by Crippen LogP contribution is 2.36. The van der Waals surface area contributed by atoms with Crippen molar-refractivity contribution in [2.75, 3.05) is 18.1 Å². The van der Waals surface area contributed by atoms with E-state index in [0.717, 1.165) is 41.1 Å². The average molecular weight is 414 g/mol. The highest BCUT2D eigenvalue weighted by atomic mass is 32.2. The molecule has 0 atom stereocenters. The molecule has 2 aromatic heterocycles. The van der Waals surface area contributed by atoms with Gasteiger partial charge in [-0.2, -0.15) is 0 Å². The highest BCUT2D eigenvalue weighted by Gasteiger charge is 2.18. The summed E-state index contributed by atoms with van der Waals surface area (Å²) in [7, 11) is -1.51. The molecule has 1 aliphatic rings. The van der Waals surface area contributed by atoms with Crippen LogP contribution in [0, 0.1) is 5.92 Å². The van der Waals surface area contributed by atoms with Crippen LogP contribution >= 0.6 is 0 Å². The Hall–Kier alpha value is -2.54. The number of aromatic nitrogens is 2. The van der Waals surface area contributed by atoms with Crippen LogP contribution in [0.2, 0.25) is 0 Å². The van der Waals surface area contributed by atoms with Crippen molar-refractivity contribution in [2.24, 2.45) is 13.0 Å². The van der Waals surface area contributed by atoms with E-state index < -0.39 is 9.84 Å². The van der Waals surface area contributed by atoms with Crippen molar-refractivity contribution in [1.29, 1.82) is 0 Å². The first-order chi connectivity index (χ1) is 13.8. The number of hydrogen-bond donors (Lipinski definition) is 2. The number of benzene rings is 1. The smallest absolute Gasteiger partial charge is 0.272 e. The fourth-order valence-corrected chi connectivity index (χ4v) is 5.07. The second-order valence-corrected chi connectivity index (χ2v) is 10.1.